The van der Waals surface area contributed by atoms with Crippen LogP contribution >= 0.6 is 15.9 Å². The van der Waals surface area contributed by atoms with Gasteiger partial charge in [0.25, 0.3) is 0 Å². The zero-order valence-electron chi connectivity index (χ0n) is 6.44. The van der Waals surface area contributed by atoms with Gasteiger partial charge in [-0.05, 0) is 19.8 Å². The summed E-state index contributed by atoms with van der Waals surface area (Å²) >= 11 is 3.35. The van der Waals surface area contributed by atoms with Crippen LogP contribution < -0.4 is 0 Å². The van der Waals surface area contributed by atoms with Crippen LogP contribution in [0, 0.1) is 0 Å². The summed E-state index contributed by atoms with van der Waals surface area (Å²) in [5.74, 6) is 0. The lowest BCUT2D eigenvalue weighted by Gasteiger charge is -2.01. The molecule has 0 atom stereocenters. The Bertz CT molecular complexity index is 51.6. The van der Waals surface area contributed by atoms with E-state index in [4.69, 9.17) is 9.47 Å². The van der Waals surface area contributed by atoms with Crippen molar-refractivity contribution >= 4 is 15.9 Å². The Morgan fingerprint density at radius 2 is 2.00 bits per heavy atom. The number of hydrogen-bond acceptors (Lipinski definition) is 2. The number of ether oxygens (including phenoxy) is 2. The number of hydrogen-bond donors (Lipinski definition) is 0. The van der Waals surface area contributed by atoms with Crippen LogP contribution in [0.15, 0.2) is 0 Å². The second-order valence-corrected chi connectivity index (χ2v) is 2.71. The minimum absolute atomic E-state index is 0.443. The van der Waals surface area contributed by atoms with E-state index in [0.29, 0.717) is 6.79 Å². The molecule has 0 aliphatic rings. The van der Waals surface area contributed by atoms with Gasteiger partial charge in [-0.15, -0.1) is 0 Å². The van der Waals surface area contributed by atoms with Gasteiger partial charge < -0.3 is 9.47 Å². The second-order valence-electron chi connectivity index (χ2n) is 1.91. The molecule has 0 saturated heterocycles. The summed E-state index contributed by atoms with van der Waals surface area (Å²) in [6.07, 6.45) is 2.28. The summed E-state index contributed by atoms with van der Waals surface area (Å²) in [4.78, 5) is 0. The van der Waals surface area contributed by atoms with Crippen molar-refractivity contribution in [2.45, 2.75) is 19.8 Å². The highest BCUT2D eigenvalue weighted by Gasteiger charge is 1.86. The fraction of sp³-hybridized carbons (Fsp3) is 1.00. The highest BCUT2D eigenvalue weighted by atomic mass is 79.9. The van der Waals surface area contributed by atoms with E-state index in [1.54, 1.807) is 0 Å². The lowest BCUT2D eigenvalue weighted by atomic mass is 10.4. The van der Waals surface area contributed by atoms with E-state index in [2.05, 4.69) is 15.9 Å². The summed E-state index contributed by atoms with van der Waals surface area (Å²) in [7, 11) is 0. The smallest absolute Gasteiger partial charge is 0.146 e. The Morgan fingerprint density at radius 3 is 2.60 bits per heavy atom. The molecule has 62 valence electrons. The average Bonchev–Trinajstić information content (AvgIpc) is 1.97. The van der Waals surface area contributed by atoms with Crippen molar-refractivity contribution in [1.29, 1.82) is 0 Å². The Balaban J connectivity index is 2.65. The quantitative estimate of drug-likeness (QED) is 0.365. The molecular weight excluding hydrogens is 196 g/mol. The first-order chi connectivity index (χ1) is 4.91. The Kier molecular flexibility index (Phi) is 9.78. The van der Waals surface area contributed by atoms with Crippen molar-refractivity contribution in [3.05, 3.63) is 0 Å². The monoisotopic (exact) mass is 210 g/mol. The Morgan fingerprint density at radius 1 is 1.20 bits per heavy atom. The normalized spacial score (nSPS) is 10.2. The van der Waals surface area contributed by atoms with Gasteiger partial charge >= 0.3 is 0 Å². The van der Waals surface area contributed by atoms with Crippen LogP contribution in [0.2, 0.25) is 0 Å². The number of unbranched alkanes of at least 4 members (excludes halogenated alkanes) is 1. The van der Waals surface area contributed by atoms with E-state index in [-0.39, 0.29) is 0 Å². The predicted octanol–water partition coefficient (Wildman–Crippen LogP) is 2.17. The van der Waals surface area contributed by atoms with E-state index in [1.165, 1.54) is 6.42 Å². The summed E-state index contributed by atoms with van der Waals surface area (Å²) < 4.78 is 10.1. The maximum Gasteiger partial charge on any atom is 0.146 e. The molecule has 0 rings (SSSR count). The molecule has 0 N–H and O–H groups in total. The minimum Gasteiger partial charge on any atom is -0.356 e. The molecule has 0 fully saturated rings. The van der Waals surface area contributed by atoms with Crippen LogP contribution in [0.1, 0.15) is 19.8 Å². The van der Waals surface area contributed by atoms with E-state index in [1.807, 2.05) is 6.92 Å². The van der Waals surface area contributed by atoms with Crippen LogP contribution in [-0.4, -0.2) is 25.3 Å². The molecule has 0 aromatic rings. The molecule has 2 nitrogen and oxygen atoms in total. The van der Waals surface area contributed by atoms with Gasteiger partial charge in [0.15, 0.2) is 0 Å². The van der Waals surface area contributed by atoms with Crippen LogP contribution in [0.5, 0.6) is 0 Å². The second kappa shape index (κ2) is 9.40. The molecule has 0 unspecified atom stereocenters. The van der Waals surface area contributed by atoms with Crippen LogP contribution in [0.25, 0.3) is 0 Å². The van der Waals surface area contributed by atoms with E-state index >= 15 is 0 Å². The molecule has 3 heteroatoms. The third-order valence-corrected chi connectivity index (χ3v) is 1.60. The number of alkyl halides is 1. The summed E-state index contributed by atoms with van der Waals surface area (Å²) in [5, 5.41) is 1.06. The van der Waals surface area contributed by atoms with Gasteiger partial charge in [-0.1, -0.05) is 15.9 Å². The number of rotatable bonds is 7. The largest absolute Gasteiger partial charge is 0.356 e. The van der Waals surface area contributed by atoms with E-state index in [9.17, 15) is 0 Å². The molecule has 0 aliphatic carbocycles. The standard InChI is InChI=1S/C7H15BrO2/c1-2-9-7-10-6-4-3-5-8/h2-7H2,1H3. The first kappa shape index (κ1) is 10.4. The Labute approximate surface area is 71.0 Å². The van der Waals surface area contributed by atoms with Crippen LogP contribution in [0.4, 0.5) is 0 Å². The third-order valence-electron chi connectivity index (χ3n) is 1.04. The molecule has 0 radical (unpaired) electrons. The summed E-state index contributed by atoms with van der Waals surface area (Å²) in [5.41, 5.74) is 0. The highest BCUT2D eigenvalue weighted by molar-refractivity contribution is 9.09. The zero-order chi connectivity index (χ0) is 7.66. The summed E-state index contributed by atoms with van der Waals surface area (Å²) in [6.45, 7) is 3.95. The lowest BCUT2D eigenvalue weighted by molar-refractivity contribution is -0.0498. The van der Waals surface area contributed by atoms with Gasteiger partial charge in [-0.3, -0.25) is 0 Å². The van der Waals surface area contributed by atoms with Gasteiger partial charge in [0.1, 0.15) is 6.79 Å². The maximum absolute atomic E-state index is 5.13. The van der Waals surface area contributed by atoms with Crippen molar-refractivity contribution in [1.82, 2.24) is 0 Å². The van der Waals surface area contributed by atoms with Gasteiger partial charge in [0.2, 0.25) is 0 Å². The molecule has 0 aromatic heterocycles. The molecule has 0 amide bonds. The highest BCUT2D eigenvalue weighted by Crippen LogP contribution is 1.93. The van der Waals surface area contributed by atoms with Crippen molar-refractivity contribution in [3.8, 4) is 0 Å². The first-order valence-electron chi connectivity index (χ1n) is 3.63. The molecule has 0 spiro atoms. The van der Waals surface area contributed by atoms with Crippen molar-refractivity contribution < 1.29 is 9.47 Å². The molecule has 0 heterocycles. The van der Waals surface area contributed by atoms with Crippen molar-refractivity contribution in [2.24, 2.45) is 0 Å². The third kappa shape index (κ3) is 8.40. The van der Waals surface area contributed by atoms with E-state index in [0.717, 1.165) is 25.0 Å². The Hall–Kier alpha value is 0.400. The number of halogens is 1. The maximum atomic E-state index is 5.13. The summed E-state index contributed by atoms with van der Waals surface area (Å²) in [6, 6.07) is 0. The first-order valence-corrected chi connectivity index (χ1v) is 4.75. The molecule has 0 aliphatic heterocycles. The lowest BCUT2D eigenvalue weighted by Crippen LogP contribution is -2.00. The molecule has 10 heavy (non-hydrogen) atoms. The zero-order valence-corrected chi connectivity index (χ0v) is 8.02. The molecule has 0 aromatic carbocycles. The fourth-order valence-corrected chi connectivity index (χ4v) is 0.896. The predicted molar refractivity (Wildman–Crippen MR) is 45.5 cm³/mol. The van der Waals surface area contributed by atoms with Gasteiger partial charge in [0.05, 0.1) is 0 Å². The van der Waals surface area contributed by atoms with Gasteiger partial charge in [0, 0.05) is 18.5 Å². The molecule has 0 bridgehead atoms. The van der Waals surface area contributed by atoms with Crippen molar-refractivity contribution in [3.63, 3.8) is 0 Å². The van der Waals surface area contributed by atoms with Gasteiger partial charge in [-0.25, -0.2) is 0 Å². The molecular formula is C7H15BrO2. The van der Waals surface area contributed by atoms with E-state index < -0.39 is 0 Å². The molecule has 0 saturated carbocycles. The van der Waals surface area contributed by atoms with Crippen molar-refractivity contribution in [2.75, 3.05) is 25.3 Å². The van der Waals surface area contributed by atoms with Crippen LogP contribution in [-0.2, 0) is 9.47 Å². The minimum atomic E-state index is 0.443. The van der Waals surface area contributed by atoms with Gasteiger partial charge in [-0.2, -0.15) is 0 Å². The SMILES string of the molecule is CCOCOCCCCBr. The fourth-order valence-electron chi connectivity index (χ4n) is 0.500. The topological polar surface area (TPSA) is 18.5 Å². The average molecular weight is 211 g/mol. The van der Waals surface area contributed by atoms with Crippen LogP contribution in [0.3, 0.4) is 0 Å².